The number of pyridine rings is 1. The molecule has 0 spiro atoms. The van der Waals surface area contributed by atoms with Crippen molar-refractivity contribution < 1.29 is 0 Å². The predicted molar refractivity (Wildman–Crippen MR) is 108 cm³/mol. The summed E-state index contributed by atoms with van der Waals surface area (Å²) in [6.07, 6.45) is 0. The molecule has 0 atom stereocenters. The van der Waals surface area contributed by atoms with E-state index in [1.165, 1.54) is 16.5 Å². The van der Waals surface area contributed by atoms with E-state index in [9.17, 15) is 0 Å². The monoisotopic (exact) mass is 358 g/mol. The third-order valence-electron chi connectivity index (χ3n) is 4.54. The van der Waals surface area contributed by atoms with Gasteiger partial charge < -0.3 is 5.32 Å². The zero-order chi connectivity index (χ0) is 19.1. The van der Waals surface area contributed by atoms with Crippen LogP contribution < -0.4 is 5.32 Å². The fraction of sp³-hybridized carbons (Fsp3) is 0.238. The number of aryl methyl sites for hydroxylation is 5. The van der Waals surface area contributed by atoms with Gasteiger partial charge in [0.25, 0.3) is 0 Å². The number of hydrogen-bond acceptors (Lipinski definition) is 5. The molecule has 6 nitrogen and oxygen atoms in total. The number of anilines is 2. The average Bonchev–Trinajstić information content (AvgIpc) is 2.98. The van der Waals surface area contributed by atoms with Crippen molar-refractivity contribution in [2.24, 2.45) is 0 Å². The van der Waals surface area contributed by atoms with Crippen molar-refractivity contribution in [2.45, 2.75) is 34.6 Å². The first-order valence-corrected chi connectivity index (χ1v) is 8.94. The van der Waals surface area contributed by atoms with E-state index in [2.05, 4.69) is 59.6 Å². The normalized spacial score (nSPS) is 11.1. The van der Waals surface area contributed by atoms with Crippen LogP contribution in [0.15, 0.2) is 36.4 Å². The summed E-state index contributed by atoms with van der Waals surface area (Å²) in [4.78, 5) is 4.90. The van der Waals surface area contributed by atoms with Crippen molar-refractivity contribution in [3.8, 4) is 5.82 Å². The van der Waals surface area contributed by atoms with Crippen LogP contribution >= 0.6 is 0 Å². The third-order valence-corrected chi connectivity index (χ3v) is 4.54. The average molecular weight is 358 g/mol. The summed E-state index contributed by atoms with van der Waals surface area (Å²) in [5.41, 5.74) is 6.37. The van der Waals surface area contributed by atoms with E-state index in [4.69, 9.17) is 4.98 Å². The Bertz CT molecular complexity index is 1140. The molecule has 1 N–H and O–H groups in total. The Labute approximate surface area is 158 Å². The first-order chi connectivity index (χ1) is 12.9. The van der Waals surface area contributed by atoms with Crippen molar-refractivity contribution in [1.29, 1.82) is 0 Å². The molecule has 0 bridgehead atoms. The number of aromatic nitrogens is 5. The lowest BCUT2D eigenvalue weighted by Gasteiger charge is -2.12. The van der Waals surface area contributed by atoms with Gasteiger partial charge in [-0.25, -0.2) is 4.98 Å². The predicted octanol–water partition coefficient (Wildman–Crippen LogP) is 4.50. The highest BCUT2D eigenvalue weighted by Gasteiger charge is 2.13. The molecule has 0 aliphatic heterocycles. The first kappa shape index (κ1) is 17.1. The largest absolute Gasteiger partial charge is 0.323 e. The Balaban J connectivity index is 1.83. The van der Waals surface area contributed by atoms with Crippen LogP contribution in [0.4, 0.5) is 11.6 Å². The van der Waals surface area contributed by atoms with Gasteiger partial charge in [0.1, 0.15) is 5.82 Å². The number of fused-ring (bicyclic) bond motifs is 1. The van der Waals surface area contributed by atoms with Crippen molar-refractivity contribution in [1.82, 2.24) is 25.0 Å². The van der Waals surface area contributed by atoms with Crippen molar-refractivity contribution >= 4 is 22.5 Å². The highest BCUT2D eigenvalue weighted by Crippen LogP contribution is 2.26. The second-order valence-corrected chi connectivity index (χ2v) is 7.04. The molecule has 0 amide bonds. The second kappa shape index (κ2) is 6.46. The summed E-state index contributed by atoms with van der Waals surface area (Å²) in [7, 11) is 0. The zero-order valence-corrected chi connectivity index (χ0v) is 16.2. The number of rotatable bonds is 3. The smallest absolute Gasteiger partial charge is 0.156 e. The maximum absolute atomic E-state index is 4.90. The highest BCUT2D eigenvalue weighted by molar-refractivity contribution is 5.86. The van der Waals surface area contributed by atoms with Gasteiger partial charge in [-0.2, -0.15) is 14.9 Å². The Kier molecular flexibility index (Phi) is 4.11. The summed E-state index contributed by atoms with van der Waals surface area (Å²) >= 11 is 0. The molecule has 27 heavy (non-hydrogen) atoms. The van der Waals surface area contributed by atoms with E-state index in [-0.39, 0.29) is 0 Å². The maximum Gasteiger partial charge on any atom is 0.156 e. The lowest BCUT2D eigenvalue weighted by Crippen LogP contribution is -2.07. The number of nitrogens with one attached hydrogen (secondary N) is 1. The molecule has 0 fully saturated rings. The number of benzene rings is 1. The summed E-state index contributed by atoms with van der Waals surface area (Å²) in [5.74, 6) is 2.26. The maximum atomic E-state index is 4.90. The molecule has 4 aromatic rings. The number of nitrogens with zero attached hydrogens (tertiary/aromatic N) is 5. The molecule has 3 heterocycles. The second-order valence-electron chi connectivity index (χ2n) is 7.04. The lowest BCUT2D eigenvalue weighted by atomic mass is 10.0. The fourth-order valence-corrected chi connectivity index (χ4v) is 3.30. The molecule has 0 aliphatic carbocycles. The molecule has 0 unspecified atom stereocenters. The van der Waals surface area contributed by atoms with Crippen LogP contribution in [0, 0.1) is 34.6 Å². The summed E-state index contributed by atoms with van der Waals surface area (Å²) < 4.78 is 1.82. The van der Waals surface area contributed by atoms with Gasteiger partial charge in [-0.05, 0) is 70.0 Å². The van der Waals surface area contributed by atoms with E-state index in [1.54, 1.807) is 0 Å². The van der Waals surface area contributed by atoms with Crippen molar-refractivity contribution in [2.75, 3.05) is 5.32 Å². The summed E-state index contributed by atoms with van der Waals surface area (Å²) in [6, 6.07) is 12.2. The van der Waals surface area contributed by atoms with E-state index in [0.717, 1.165) is 34.1 Å². The van der Waals surface area contributed by atoms with Gasteiger partial charge in [-0.15, -0.1) is 5.10 Å². The molecule has 0 radical (unpaired) electrons. The van der Waals surface area contributed by atoms with Crippen LogP contribution in [0.2, 0.25) is 0 Å². The van der Waals surface area contributed by atoms with E-state index >= 15 is 0 Å². The lowest BCUT2D eigenvalue weighted by molar-refractivity contribution is 0.840. The van der Waals surface area contributed by atoms with Gasteiger partial charge in [-0.1, -0.05) is 11.6 Å². The zero-order valence-electron chi connectivity index (χ0n) is 16.2. The minimum atomic E-state index is 0.672. The minimum absolute atomic E-state index is 0.672. The topological polar surface area (TPSA) is 68.5 Å². The van der Waals surface area contributed by atoms with Gasteiger partial charge >= 0.3 is 0 Å². The Morgan fingerprint density at radius 2 is 1.63 bits per heavy atom. The minimum Gasteiger partial charge on any atom is -0.323 e. The highest BCUT2D eigenvalue weighted by atomic mass is 15.4. The molecular weight excluding hydrogens is 336 g/mol. The van der Waals surface area contributed by atoms with E-state index in [1.807, 2.05) is 36.7 Å². The first-order valence-electron chi connectivity index (χ1n) is 8.94. The molecule has 0 aliphatic rings. The molecule has 136 valence electrons. The third kappa shape index (κ3) is 3.26. The molecule has 4 rings (SSSR count). The van der Waals surface area contributed by atoms with Crippen molar-refractivity contribution in [3.05, 3.63) is 64.5 Å². The quantitative estimate of drug-likeness (QED) is 0.584. The van der Waals surface area contributed by atoms with Crippen LogP contribution in [-0.2, 0) is 0 Å². The van der Waals surface area contributed by atoms with Crippen LogP contribution in [0.5, 0.6) is 0 Å². The molecular formula is C21H22N6. The van der Waals surface area contributed by atoms with Gasteiger partial charge in [0.2, 0.25) is 0 Å². The Morgan fingerprint density at radius 1 is 0.815 bits per heavy atom. The Morgan fingerprint density at radius 3 is 2.37 bits per heavy atom. The van der Waals surface area contributed by atoms with Gasteiger partial charge in [-0.3, -0.25) is 0 Å². The molecule has 0 saturated heterocycles. The SMILES string of the molecule is Cc1cc(C)c2nc(-n3nc(C)cc3Nc3ccc(C)nn3)cc(C)c2c1. The van der Waals surface area contributed by atoms with Crippen LogP contribution in [0.3, 0.4) is 0 Å². The van der Waals surface area contributed by atoms with Crippen LogP contribution in [-0.4, -0.2) is 25.0 Å². The van der Waals surface area contributed by atoms with Gasteiger partial charge in [0.15, 0.2) is 11.6 Å². The number of hydrogen-bond donors (Lipinski definition) is 1. The van der Waals surface area contributed by atoms with Crippen molar-refractivity contribution in [3.63, 3.8) is 0 Å². The van der Waals surface area contributed by atoms with E-state index in [0.29, 0.717) is 5.82 Å². The fourth-order valence-electron chi connectivity index (χ4n) is 3.30. The van der Waals surface area contributed by atoms with E-state index < -0.39 is 0 Å². The summed E-state index contributed by atoms with van der Waals surface area (Å²) in [5, 5.41) is 17.4. The summed E-state index contributed by atoms with van der Waals surface area (Å²) in [6.45, 7) is 10.2. The molecule has 1 aromatic carbocycles. The molecule has 3 aromatic heterocycles. The van der Waals surface area contributed by atoms with Gasteiger partial charge in [0.05, 0.1) is 16.9 Å². The molecule has 6 heteroatoms. The molecule has 0 saturated carbocycles. The van der Waals surface area contributed by atoms with Gasteiger partial charge in [0, 0.05) is 11.5 Å². The van der Waals surface area contributed by atoms with Crippen LogP contribution in [0.25, 0.3) is 16.7 Å². The van der Waals surface area contributed by atoms with Crippen LogP contribution in [0.1, 0.15) is 28.1 Å². The Hall–Kier alpha value is -3.28. The standard InChI is InChI=1S/C21H22N6/c1-12-8-14(3)21-17(9-12)13(2)10-19(23-21)27-20(11-16(5)26-27)22-18-7-6-15(4)24-25-18/h6-11H,1-5H3,(H,22,25).